The number of nitrogens with zero attached hydrogens (tertiary/aromatic N) is 1. The van der Waals surface area contributed by atoms with Gasteiger partial charge in [0.1, 0.15) is 5.58 Å². The maximum Gasteiger partial charge on any atom is 0.344 e. The summed E-state index contributed by atoms with van der Waals surface area (Å²) in [6.07, 6.45) is 1.86. The smallest absolute Gasteiger partial charge is 0.344 e. The Morgan fingerprint density at radius 2 is 1.96 bits per heavy atom. The number of carbonyl (C=O) groups excluding carboxylic acids is 1. The van der Waals surface area contributed by atoms with Gasteiger partial charge in [0.25, 0.3) is 5.91 Å². The Morgan fingerprint density at radius 3 is 2.81 bits per heavy atom. The molecule has 1 fully saturated rings. The van der Waals surface area contributed by atoms with Gasteiger partial charge in [-0.15, -0.1) is 0 Å². The van der Waals surface area contributed by atoms with E-state index in [9.17, 15) is 9.59 Å². The van der Waals surface area contributed by atoms with E-state index in [2.05, 4.69) is 0 Å². The van der Waals surface area contributed by atoms with E-state index in [4.69, 9.17) is 10.2 Å². The van der Waals surface area contributed by atoms with Crippen LogP contribution in [0.3, 0.4) is 0 Å². The van der Waals surface area contributed by atoms with Crippen LogP contribution in [0.25, 0.3) is 22.1 Å². The average molecular weight is 348 g/mol. The molecular formula is C21H20N2O3. The van der Waals surface area contributed by atoms with E-state index >= 15 is 0 Å². The summed E-state index contributed by atoms with van der Waals surface area (Å²) in [6.45, 7) is 1.29. The molecule has 0 bridgehead atoms. The number of hydrogen-bond donors (Lipinski definition) is 1. The summed E-state index contributed by atoms with van der Waals surface area (Å²) in [7, 11) is 0. The fourth-order valence-electron chi connectivity index (χ4n) is 3.46. The summed E-state index contributed by atoms with van der Waals surface area (Å²) in [5.41, 5.74) is 7.82. The van der Waals surface area contributed by atoms with E-state index in [-0.39, 0.29) is 11.9 Å². The van der Waals surface area contributed by atoms with E-state index in [1.54, 1.807) is 29.2 Å². The number of carbonyl (C=O) groups is 1. The highest BCUT2D eigenvalue weighted by atomic mass is 16.4. The van der Waals surface area contributed by atoms with Crippen molar-refractivity contribution in [2.24, 2.45) is 5.73 Å². The predicted octanol–water partition coefficient (Wildman–Crippen LogP) is 3.02. The molecule has 1 aliphatic rings. The molecular weight excluding hydrogens is 328 g/mol. The summed E-state index contributed by atoms with van der Waals surface area (Å²) in [5, 5.41) is 0.848. The topological polar surface area (TPSA) is 76.5 Å². The Bertz CT molecular complexity index is 1020. The minimum absolute atomic E-state index is 0.0309. The van der Waals surface area contributed by atoms with Gasteiger partial charge >= 0.3 is 5.63 Å². The van der Waals surface area contributed by atoms with Crippen molar-refractivity contribution in [3.05, 3.63) is 70.6 Å². The van der Waals surface area contributed by atoms with E-state index in [0.717, 1.165) is 24.8 Å². The van der Waals surface area contributed by atoms with Gasteiger partial charge in [0, 0.05) is 30.1 Å². The third-order valence-electron chi connectivity index (χ3n) is 4.81. The summed E-state index contributed by atoms with van der Waals surface area (Å²) >= 11 is 0. The lowest BCUT2D eigenvalue weighted by Crippen LogP contribution is -2.45. The molecule has 26 heavy (non-hydrogen) atoms. The van der Waals surface area contributed by atoms with Crippen LogP contribution in [0.1, 0.15) is 23.2 Å². The first kappa shape index (κ1) is 16.5. The number of hydrogen-bond acceptors (Lipinski definition) is 4. The van der Waals surface area contributed by atoms with Crippen molar-refractivity contribution >= 4 is 16.9 Å². The van der Waals surface area contributed by atoms with Crippen LogP contribution in [0.4, 0.5) is 0 Å². The molecule has 1 atom stereocenters. The Hall–Kier alpha value is -2.92. The zero-order valence-corrected chi connectivity index (χ0v) is 14.4. The van der Waals surface area contributed by atoms with Crippen molar-refractivity contribution in [3.8, 4) is 11.1 Å². The number of para-hydroxylation sites is 1. The minimum atomic E-state index is -0.409. The minimum Gasteiger partial charge on any atom is -0.422 e. The first-order valence-electron chi connectivity index (χ1n) is 8.80. The van der Waals surface area contributed by atoms with Crippen LogP contribution in [0, 0.1) is 0 Å². The Labute approximate surface area is 151 Å². The molecule has 3 aromatic rings. The molecule has 5 heteroatoms. The van der Waals surface area contributed by atoms with Gasteiger partial charge in [0.2, 0.25) is 0 Å². The van der Waals surface area contributed by atoms with Crippen molar-refractivity contribution in [1.82, 2.24) is 4.90 Å². The number of benzene rings is 2. The SMILES string of the molecule is N[C@H]1CCCN(C(=O)c2cccc(-c3cc4ccccc4oc3=O)c2)C1. The van der Waals surface area contributed by atoms with Crippen LogP contribution in [0.15, 0.2) is 63.8 Å². The van der Waals surface area contributed by atoms with Gasteiger partial charge in [-0.25, -0.2) is 4.79 Å². The molecule has 2 N–H and O–H groups in total. The van der Waals surface area contributed by atoms with E-state index in [0.29, 0.717) is 28.8 Å². The van der Waals surface area contributed by atoms with Crippen molar-refractivity contribution < 1.29 is 9.21 Å². The fraction of sp³-hybridized carbons (Fsp3) is 0.238. The molecule has 5 nitrogen and oxygen atoms in total. The molecule has 2 aromatic carbocycles. The molecule has 0 spiro atoms. The average Bonchev–Trinajstić information content (AvgIpc) is 2.67. The monoisotopic (exact) mass is 348 g/mol. The molecule has 4 rings (SSSR count). The molecule has 0 unspecified atom stereocenters. The van der Waals surface area contributed by atoms with Gasteiger partial charge in [-0.3, -0.25) is 4.79 Å². The lowest BCUT2D eigenvalue weighted by atomic mass is 10.0. The molecule has 0 radical (unpaired) electrons. The van der Waals surface area contributed by atoms with Crippen LogP contribution in [0.2, 0.25) is 0 Å². The highest BCUT2D eigenvalue weighted by molar-refractivity contribution is 5.95. The second-order valence-electron chi connectivity index (χ2n) is 6.72. The van der Waals surface area contributed by atoms with Crippen molar-refractivity contribution in [2.75, 3.05) is 13.1 Å². The van der Waals surface area contributed by atoms with Gasteiger partial charge in [0.05, 0.1) is 5.56 Å². The summed E-state index contributed by atoms with van der Waals surface area (Å²) in [6, 6.07) is 16.4. The Kier molecular flexibility index (Phi) is 4.31. The maximum atomic E-state index is 12.8. The maximum absolute atomic E-state index is 12.8. The standard InChI is InChI=1S/C21H20N2O3/c22-17-8-4-10-23(13-17)20(24)16-7-3-6-14(11-16)18-12-15-5-1-2-9-19(15)26-21(18)25/h1-3,5-7,9,11-12,17H,4,8,10,13,22H2/t17-/m0/s1. The second-order valence-corrected chi connectivity index (χ2v) is 6.72. The number of fused-ring (bicyclic) bond motifs is 1. The van der Waals surface area contributed by atoms with Crippen molar-refractivity contribution in [3.63, 3.8) is 0 Å². The molecule has 1 aromatic heterocycles. The number of piperidine rings is 1. The number of amides is 1. The van der Waals surface area contributed by atoms with Gasteiger partial charge < -0.3 is 15.1 Å². The normalized spacial score (nSPS) is 17.4. The van der Waals surface area contributed by atoms with Crippen LogP contribution in [-0.2, 0) is 0 Å². The highest BCUT2D eigenvalue weighted by Crippen LogP contribution is 2.23. The van der Waals surface area contributed by atoms with Crippen molar-refractivity contribution in [2.45, 2.75) is 18.9 Å². The second kappa shape index (κ2) is 6.77. The number of rotatable bonds is 2. The quantitative estimate of drug-likeness (QED) is 0.722. The first-order valence-corrected chi connectivity index (χ1v) is 8.80. The third-order valence-corrected chi connectivity index (χ3v) is 4.81. The lowest BCUT2D eigenvalue weighted by Gasteiger charge is -2.30. The van der Waals surface area contributed by atoms with E-state index in [1.165, 1.54) is 0 Å². The van der Waals surface area contributed by atoms with E-state index < -0.39 is 5.63 Å². The van der Waals surface area contributed by atoms with Gasteiger partial charge in [-0.1, -0.05) is 30.3 Å². The molecule has 2 heterocycles. The number of nitrogens with two attached hydrogens (primary N) is 1. The van der Waals surface area contributed by atoms with Crippen LogP contribution >= 0.6 is 0 Å². The number of likely N-dealkylation sites (tertiary alicyclic amines) is 1. The van der Waals surface area contributed by atoms with Crippen LogP contribution < -0.4 is 11.4 Å². The molecule has 1 amide bonds. The molecule has 0 aliphatic carbocycles. The predicted molar refractivity (Wildman–Crippen MR) is 101 cm³/mol. The molecule has 1 saturated heterocycles. The van der Waals surface area contributed by atoms with Gasteiger partial charge in [-0.2, -0.15) is 0 Å². The van der Waals surface area contributed by atoms with Gasteiger partial charge in [0.15, 0.2) is 0 Å². The Balaban J connectivity index is 1.71. The largest absolute Gasteiger partial charge is 0.422 e. The molecule has 1 aliphatic heterocycles. The fourth-order valence-corrected chi connectivity index (χ4v) is 3.46. The lowest BCUT2D eigenvalue weighted by molar-refractivity contribution is 0.0709. The van der Waals surface area contributed by atoms with Crippen molar-refractivity contribution in [1.29, 1.82) is 0 Å². The summed E-state index contributed by atoms with van der Waals surface area (Å²) < 4.78 is 5.41. The van der Waals surface area contributed by atoms with Crippen LogP contribution in [-0.4, -0.2) is 29.9 Å². The zero-order valence-electron chi connectivity index (χ0n) is 14.4. The summed E-state index contributed by atoms with van der Waals surface area (Å²) in [4.78, 5) is 27.0. The highest BCUT2D eigenvalue weighted by Gasteiger charge is 2.22. The first-order chi connectivity index (χ1) is 12.6. The molecule has 0 saturated carbocycles. The third kappa shape index (κ3) is 3.13. The zero-order chi connectivity index (χ0) is 18.1. The van der Waals surface area contributed by atoms with Gasteiger partial charge in [-0.05, 0) is 42.7 Å². The van der Waals surface area contributed by atoms with E-state index in [1.807, 2.05) is 30.3 Å². The van der Waals surface area contributed by atoms with Crippen LogP contribution in [0.5, 0.6) is 0 Å². The molecule has 132 valence electrons. The summed E-state index contributed by atoms with van der Waals surface area (Å²) in [5.74, 6) is -0.0489. The Morgan fingerprint density at radius 1 is 1.12 bits per heavy atom.